The summed E-state index contributed by atoms with van der Waals surface area (Å²) in [4.78, 5) is 19.5. The van der Waals surface area contributed by atoms with Gasteiger partial charge in [-0.2, -0.15) is 0 Å². The van der Waals surface area contributed by atoms with Gasteiger partial charge in [-0.1, -0.05) is 12.1 Å². The molecular weight excluding hydrogens is 424 g/mol. The zero-order valence-corrected chi connectivity index (χ0v) is 16.4. The third-order valence-electron chi connectivity index (χ3n) is 3.95. The molecule has 0 radical (unpaired) electrons. The van der Waals surface area contributed by atoms with Crippen LogP contribution in [0.25, 0.3) is 31.0 Å². The average molecular weight is 437 g/mol. The van der Waals surface area contributed by atoms with Gasteiger partial charge in [0.15, 0.2) is 5.82 Å². The van der Waals surface area contributed by atoms with Crippen LogP contribution in [0.5, 0.6) is 5.75 Å². The van der Waals surface area contributed by atoms with Gasteiger partial charge in [0.05, 0.1) is 32.6 Å². The van der Waals surface area contributed by atoms with E-state index >= 15 is 0 Å². The number of phenolic OH excluding ortho intramolecular Hbond substituents is 1. The summed E-state index contributed by atoms with van der Waals surface area (Å²) in [6.45, 7) is 0.843. The molecule has 25 heavy (non-hydrogen) atoms. The van der Waals surface area contributed by atoms with Crippen molar-refractivity contribution in [2.75, 3.05) is 13.7 Å². The van der Waals surface area contributed by atoms with Crippen LogP contribution in [0.4, 0.5) is 0 Å². The standard InChI is InChI=1S/C17H13BrN2O3S2/c1-23-7-6-20-15(11-3-2-8-24-11)19-16-12(17(20)22)9-4-5-10(18)13(21)14(9)25-16/h2-5,8,21H,6-7H2,1H3. The first kappa shape index (κ1) is 16.7. The van der Waals surface area contributed by atoms with E-state index < -0.39 is 0 Å². The predicted molar refractivity (Wildman–Crippen MR) is 106 cm³/mol. The highest BCUT2D eigenvalue weighted by atomic mass is 79.9. The van der Waals surface area contributed by atoms with Crippen molar-refractivity contribution >= 4 is 58.9 Å². The molecule has 0 amide bonds. The Bertz CT molecular complexity index is 1130. The van der Waals surface area contributed by atoms with Gasteiger partial charge in [-0.25, -0.2) is 4.98 Å². The molecule has 5 nitrogen and oxygen atoms in total. The van der Waals surface area contributed by atoms with Gasteiger partial charge in [-0.15, -0.1) is 22.7 Å². The minimum absolute atomic E-state index is 0.113. The van der Waals surface area contributed by atoms with Crippen molar-refractivity contribution in [3.05, 3.63) is 44.5 Å². The van der Waals surface area contributed by atoms with Gasteiger partial charge in [-0.3, -0.25) is 9.36 Å². The zero-order chi connectivity index (χ0) is 17.6. The van der Waals surface area contributed by atoms with Gasteiger partial charge in [0.25, 0.3) is 5.56 Å². The Morgan fingerprint density at radius 2 is 2.20 bits per heavy atom. The van der Waals surface area contributed by atoms with E-state index in [0.717, 1.165) is 10.3 Å². The summed E-state index contributed by atoms with van der Waals surface area (Å²) in [5.74, 6) is 0.774. The number of nitrogens with zero attached hydrogens (tertiary/aromatic N) is 2. The van der Waals surface area contributed by atoms with E-state index in [0.29, 0.717) is 38.4 Å². The molecule has 8 heteroatoms. The van der Waals surface area contributed by atoms with Gasteiger partial charge in [0.1, 0.15) is 10.6 Å². The lowest BCUT2D eigenvalue weighted by atomic mass is 10.2. The van der Waals surface area contributed by atoms with Gasteiger partial charge in [0.2, 0.25) is 0 Å². The van der Waals surface area contributed by atoms with E-state index in [1.807, 2.05) is 23.6 Å². The Hall–Kier alpha value is -1.74. The second-order valence-corrected chi connectivity index (χ2v) is 8.22. The molecule has 0 aliphatic carbocycles. The van der Waals surface area contributed by atoms with Crippen LogP contribution in [-0.4, -0.2) is 28.4 Å². The molecule has 0 unspecified atom stereocenters. The minimum Gasteiger partial charge on any atom is -0.505 e. The van der Waals surface area contributed by atoms with E-state index in [9.17, 15) is 9.90 Å². The summed E-state index contributed by atoms with van der Waals surface area (Å²) in [6.07, 6.45) is 0. The Morgan fingerprint density at radius 1 is 1.36 bits per heavy atom. The number of methoxy groups -OCH3 is 1. The first-order valence-corrected chi connectivity index (χ1v) is 9.98. The number of phenols is 1. The van der Waals surface area contributed by atoms with Crippen molar-refractivity contribution in [2.45, 2.75) is 6.54 Å². The number of aromatic hydroxyl groups is 1. The molecular formula is C17H13BrN2O3S2. The van der Waals surface area contributed by atoms with Crippen LogP contribution in [-0.2, 0) is 11.3 Å². The van der Waals surface area contributed by atoms with Crippen LogP contribution in [0, 0.1) is 0 Å². The molecule has 3 aromatic heterocycles. The van der Waals surface area contributed by atoms with Crippen molar-refractivity contribution in [1.29, 1.82) is 0 Å². The number of rotatable bonds is 4. The Labute approximate surface area is 159 Å². The Balaban J connectivity index is 2.10. The molecule has 128 valence electrons. The Kier molecular flexibility index (Phi) is 4.36. The monoisotopic (exact) mass is 436 g/mol. The summed E-state index contributed by atoms with van der Waals surface area (Å²) >= 11 is 6.19. The lowest BCUT2D eigenvalue weighted by Crippen LogP contribution is -2.24. The van der Waals surface area contributed by atoms with Crippen molar-refractivity contribution in [3.63, 3.8) is 0 Å². The quantitative estimate of drug-likeness (QED) is 0.512. The molecule has 0 saturated carbocycles. The Morgan fingerprint density at radius 3 is 2.92 bits per heavy atom. The molecule has 1 aromatic carbocycles. The lowest BCUT2D eigenvalue weighted by Gasteiger charge is -2.10. The molecule has 0 saturated heterocycles. The van der Waals surface area contributed by atoms with E-state index in [-0.39, 0.29) is 11.3 Å². The second-order valence-electron chi connectivity index (χ2n) is 5.42. The average Bonchev–Trinajstić information content (AvgIpc) is 3.25. The molecule has 0 aliphatic heterocycles. The predicted octanol–water partition coefficient (Wildman–Crippen LogP) is 4.45. The molecule has 0 spiro atoms. The normalized spacial score (nSPS) is 11.6. The van der Waals surface area contributed by atoms with Gasteiger partial charge < -0.3 is 9.84 Å². The van der Waals surface area contributed by atoms with E-state index in [1.165, 1.54) is 22.7 Å². The summed E-state index contributed by atoms with van der Waals surface area (Å²) in [5, 5.41) is 13.5. The number of hydrogen-bond donors (Lipinski definition) is 1. The highest BCUT2D eigenvalue weighted by molar-refractivity contribution is 9.10. The molecule has 4 rings (SSSR count). The summed E-state index contributed by atoms with van der Waals surface area (Å²) in [6, 6.07) is 7.47. The summed E-state index contributed by atoms with van der Waals surface area (Å²) < 4.78 is 8.08. The lowest BCUT2D eigenvalue weighted by molar-refractivity contribution is 0.186. The number of ether oxygens (including phenoxy) is 1. The van der Waals surface area contributed by atoms with E-state index in [1.54, 1.807) is 17.7 Å². The molecule has 0 fully saturated rings. The maximum atomic E-state index is 13.2. The fraction of sp³-hybridized carbons (Fsp3) is 0.176. The van der Waals surface area contributed by atoms with Gasteiger partial charge in [0, 0.05) is 12.5 Å². The van der Waals surface area contributed by atoms with Crippen LogP contribution < -0.4 is 5.56 Å². The molecule has 1 N–H and O–H groups in total. The maximum absolute atomic E-state index is 13.2. The van der Waals surface area contributed by atoms with Crippen LogP contribution >= 0.6 is 38.6 Å². The van der Waals surface area contributed by atoms with Gasteiger partial charge in [-0.05, 0) is 33.4 Å². The third-order valence-corrected chi connectivity index (χ3v) is 6.56. The molecule has 0 atom stereocenters. The SMILES string of the molecule is COCCn1c(-c2cccs2)nc2sc3c(O)c(Br)ccc3c2c1=O. The first-order chi connectivity index (χ1) is 12.1. The third kappa shape index (κ3) is 2.69. The zero-order valence-electron chi connectivity index (χ0n) is 13.2. The maximum Gasteiger partial charge on any atom is 0.263 e. The molecule has 4 aromatic rings. The molecule has 3 heterocycles. The topological polar surface area (TPSA) is 64.3 Å². The number of halogens is 1. The fourth-order valence-corrected chi connectivity index (χ4v) is 5.06. The van der Waals surface area contributed by atoms with Crippen molar-refractivity contribution in [1.82, 2.24) is 9.55 Å². The highest BCUT2D eigenvalue weighted by Gasteiger charge is 2.19. The van der Waals surface area contributed by atoms with Crippen molar-refractivity contribution in [3.8, 4) is 16.5 Å². The van der Waals surface area contributed by atoms with E-state index in [2.05, 4.69) is 15.9 Å². The number of aromatic nitrogens is 2. The number of hydrogen-bond acceptors (Lipinski definition) is 6. The van der Waals surface area contributed by atoms with Crippen LogP contribution in [0.1, 0.15) is 0 Å². The molecule has 0 aliphatic rings. The van der Waals surface area contributed by atoms with Crippen molar-refractivity contribution < 1.29 is 9.84 Å². The molecule has 0 bridgehead atoms. The number of benzene rings is 1. The highest BCUT2D eigenvalue weighted by Crippen LogP contribution is 2.41. The first-order valence-electron chi connectivity index (χ1n) is 7.49. The summed E-state index contributed by atoms with van der Waals surface area (Å²) in [5.41, 5.74) is -0.113. The fourth-order valence-electron chi connectivity index (χ4n) is 2.77. The van der Waals surface area contributed by atoms with E-state index in [4.69, 9.17) is 9.72 Å². The van der Waals surface area contributed by atoms with Crippen LogP contribution in [0.3, 0.4) is 0 Å². The number of thiophene rings is 2. The van der Waals surface area contributed by atoms with Gasteiger partial charge >= 0.3 is 0 Å². The second kappa shape index (κ2) is 6.53. The smallest absolute Gasteiger partial charge is 0.263 e. The minimum atomic E-state index is -0.113. The summed E-state index contributed by atoms with van der Waals surface area (Å²) in [7, 11) is 1.61. The van der Waals surface area contributed by atoms with Crippen molar-refractivity contribution in [2.24, 2.45) is 0 Å². The van der Waals surface area contributed by atoms with Crippen LogP contribution in [0.15, 0.2) is 38.9 Å². The largest absolute Gasteiger partial charge is 0.505 e. The van der Waals surface area contributed by atoms with Crippen LogP contribution in [0.2, 0.25) is 0 Å². The number of fused-ring (bicyclic) bond motifs is 3.